The first-order valence-corrected chi connectivity index (χ1v) is 11.5. The molecule has 1 aliphatic heterocycles. The smallest absolute Gasteiger partial charge is 0.475 e. The molecule has 198 valence electrons. The molecule has 1 aromatic carbocycles. The minimum atomic E-state index is -5.08. The van der Waals surface area contributed by atoms with Gasteiger partial charge in [-0.3, -0.25) is 9.67 Å². The maximum absolute atomic E-state index is 10.6. The van der Waals surface area contributed by atoms with Crippen molar-refractivity contribution in [3.63, 3.8) is 0 Å². The normalized spacial score (nSPS) is 13.4. The molecule has 1 aliphatic rings. The first-order valence-electron chi connectivity index (χ1n) is 11.5. The van der Waals surface area contributed by atoms with E-state index in [-0.39, 0.29) is 0 Å². The van der Waals surface area contributed by atoms with Crippen molar-refractivity contribution in [1.82, 2.24) is 24.7 Å². The van der Waals surface area contributed by atoms with Gasteiger partial charge in [0, 0.05) is 49.1 Å². The van der Waals surface area contributed by atoms with Gasteiger partial charge < -0.3 is 20.1 Å². The number of hydrogen-bond acceptors (Lipinski definition) is 8. The largest absolute Gasteiger partial charge is 0.490 e. The Morgan fingerprint density at radius 3 is 2.58 bits per heavy atom. The molecule has 0 aliphatic carbocycles. The van der Waals surface area contributed by atoms with Crippen LogP contribution < -0.4 is 10.2 Å². The van der Waals surface area contributed by atoms with Crippen molar-refractivity contribution in [1.29, 1.82) is 0 Å². The Kier molecular flexibility index (Phi) is 8.48. The lowest BCUT2D eigenvalue weighted by atomic mass is 10.2. The Hall–Kier alpha value is -4.52. The van der Waals surface area contributed by atoms with E-state index in [1.807, 2.05) is 47.5 Å². The lowest BCUT2D eigenvalue weighted by Gasteiger charge is -2.28. The fraction of sp³-hybridized carbons (Fsp3) is 0.240. The Labute approximate surface area is 215 Å². The van der Waals surface area contributed by atoms with Crippen LogP contribution in [0, 0.1) is 0 Å². The Balaban J connectivity index is 0.000000426. The summed E-state index contributed by atoms with van der Waals surface area (Å²) < 4.78 is 39.1. The summed E-state index contributed by atoms with van der Waals surface area (Å²) in [6.07, 6.45) is 4.14. The summed E-state index contributed by atoms with van der Waals surface area (Å²) in [6.45, 7) is 3.94. The highest BCUT2D eigenvalue weighted by atomic mass is 19.4. The highest BCUT2D eigenvalue weighted by molar-refractivity contribution is 5.73. The maximum atomic E-state index is 10.6. The van der Waals surface area contributed by atoms with Crippen LogP contribution in [0.4, 0.5) is 30.5 Å². The van der Waals surface area contributed by atoms with Crippen LogP contribution in [0.3, 0.4) is 0 Å². The third kappa shape index (κ3) is 7.49. The highest BCUT2D eigenvalue weighted by Gasteiger charge is 2.38. The molecule has 0 radical (unpaired) electrons. The number of halogens is 3. The third-order valence-electron chi connectivity index (χ3n) is 5.38. The zero-order valence-corrected chi connectivity index (χ0v) is 20.0. The third-order valence-corrected chi connectivity index (χ3v) is 5.38. The molecule has 5 rings (SSSR count). The molecule has 10 nitrogen and oxygen atoms in total. The zero-order chi connectivity index (χ0) is 27.0. The molecule has 0 bridgehead atoms. The van der Waals surface area contributed by atoms with E-state index in [0.29, 0.717) is 12.5 Å². The molecule has 1 saturated heterocycles. The number of carboxylic acid groups (broad SMARTS) is 1. The molecular formula is C25H24F3N7O3. The zero-order valence-electron chi connectivity index (χ0n) is 20.0. The number of ether oxygens (including phenoxy) is 1. The minimum absolute atomic E-state index is 0.547. The van der Waals surface area contributed by atoms with E-state index in [1.165, 1.54) is 0 Å². The first-order chi connectivity index (χ1) is 18.3. The second kappa shape index (κ2) is 12.1. The van der Waals surface area contributed by atoms with E-state index in [2.05, 4.69) is 43.5 Å². The standard InChI is InChI=1S/C23H23N7O.C2HF3O2/c1-3-18(17-30-8-2-6-26-30)13-20(4-1)27-23-25-7-5-22(28-23)19-14-21(16-24-15-19)29-9-11-31-12-10-29;3-2(4,5)1(6)7/h1-8,13-16H,9-12,17H2,(H,25,27,28);(H,6,7). The van der Waals surface area contributed by atoms with Gasteiger partial charge in [-0.05, 0) is 35.9 Å². The van der Waals surface area contributed by atoms with Gasteiger partial charge in [-0.2, -0.15) is 18.3 Å². The van der Waals surface area contributed by atoms with Gasteiger partial charge in [0.1, 0.15) is 0 Å². The van der Waals surface area contributed by atoms with Crippen molar-refractivity contribution >= 4 is 23.3 Å². The number of pyridine rings is 1. The summed E-state index contributed by atoms with van der Waals surface area (Å²) in [5.74, 6) is -2.21. The van der Waals surface area contributed by atoms with Crippen LogP contribution in [-0.2, 0) is 16.1 Å². The summed E-state index contributed by atoms with van der Waals surface area (Å²) in [5, 5.41) is 14.7. The average molecular weight is 528 g/mol. The number of alkyl halides is 3. The summed E-state index contributed by atoms with van der Waals surface area (Å²) >= 11 is 0. The monoisotopic (exact) mass is 527 g/mol. The van der Waals surface area contributed by atoms with Crippen LogP contribution in [0.1, 0.15) is 5.56 Å². The second-order valence-corrected chi connectivity index (χ2v) is 8.13. The molecule has 0 unspecified atom stereocenters. The number of anilines is 3. The lowest BCUT2D eigenvalue weighted by molar-refractivity contribution is -0.192. The van der Waals surface area contributed by atoms with E-state index in [1.54, 1.807) is 12.4 Å². The van der Waals surface area contributed by atoms with Crippen molar-refractivity contribution in [2.24, 2.45) is 0 Å². The highest BCUT2D eigenvalue weighted by Crippen LogP contribution is 2.24. The Bertz CT molecular complexity index is 1340. The molecule has 38 heavy (non-hydrogen) atoms. The van der Waals surface area contributed by atoms with E-state index in [0.717, 1.165) is 54.5 Å². The fourth-order valence-electron chi connectivity index (χ4n) is 3.60. The van der Waals surface area contributed by atoms with Gasteiger partial charge in [-0.25, -0.2) is 14.8 Å². The average Bonchev–Trinajstić information content (AvgIpc) is 3.43. The minimum Gasteiger partial charge on any atom is -0.475 e. The number of morpholine rings is 1. The van der Waals surface area contributed by atoms with Crippen LogP contribution >= 0.6 is 0 Å². The van der Waals surface area contributed by atoms with Gasteiger partial charge in [-0.15, -0.1) is 0 Å². The molecule has 4 heterocycles. The van der Waals surface area contributed by atoms with Gasteiger partial charge >= 0.3 is 12.1 Å². The van der Waals surface area contributed by atoms with Gasteiger partial charge in [0.15, 0.2) is 0 Å². The molecule has 0 atom stereocenters. The number of carboxylic acids is 1. The molecule has 0 saturated carbocycles. The summed E-state index contributed by atoms with van der Waals surface area (Å²) in [4.78, 5) is 24.7. The second-order valence-electron chi connectivity index (χ2n) is 8.13. The Morgan fingerprint density at radius 1 is 1.08 bits per heavy atom. The van der Waals surface area contributed by atoms with Crippen molar-refractivity contribution in [2.45, 2.75) is 12.7 Å². The first kappa shape index (κ1) is 26.5. The number of aromatic nitrogens is 5. The number of nitrogens with one attached hydrogen (secondary N) is 1. The number of benzene rings is 1. The molecule has 4 aromatic rings. The van der Waals surface area contributed by atoms with Crippen LogP contribution in [0.25, 0.3) is 11.3 Å². The van der Waals surface area contributed by atoms with Crippen LogP contribution in [0.15, 0.2) is 73.4 Å². The summed E-state index contributed by atoms with van der Waals surface area (Å²) in [6, 6.07) is 14.1. The van der Waals surface area contributed by atoms with Crippen molar-refractivity contribution in [3.05, 3.63) is 79.0 Å². The number of aliphatic carboxylic acids is 1. The fourth-order valence-corrected chi connectivity index (χ4v) is 3.60. The summed E-state index contributed by atoms with van der Waals surface area (Å²) in [7, 11) is 0. The Morgan fingerprint density at radius 2 is 1.87 bits per heavy atom. The van der Waals surface area contributed by atoms with E-state index < -0.39 is 12.1 Å². The van der Waals surface area contributed by atoms with E-state index in [4.69, 9.17) is 19.6 Å². The van der Waals surface area contributed by atoms with E-state index >= 15 is 0 Å². The molecular weight excluding hydrogens is 503 g/mol. The van der Waals surface area contributed by atoms with Gasteiger partial charge in [0.05, 0.1) is 37.3 Å². The van der Waals surface area contributed by atoms with Gasteiger partial charge in [-0.1, -0.05) is 12.1 Å². The quantitative estimate of drug-likeness (QED) is 0.384. The van der Waals surface area contributed by atoms with Crippen molar-refractivity contribution < 1.29 is 27.8 Å². The van der Waals surface area contributed by atoms with E-state index in [9.17, 15) is 13.2 Å². The van der Waals surface area contributed by atoms with Crippen molar-refractivity contribution in [3.8, 4) is 11.3 Å². The number of hydrogen-bond donors (Lipinski definition) is 2. The predicted octanol–water partition coefficient (Wildman–Crippen LogP) is 4.00. The maximum Gasteiger partial charge on any atom is 0.490 e. The number of rotatable bonds is 6. The SMILES string of the molecule is O=C(O)C(F)(F)F.c1cc(Cn2cccn2)cc(Nc2nccc(-c3cncc(N4CCOCC4)c3)n2)c1. The molecule has 13 heteroatoms. The molecule has 3 aromatic heterocycles. The van der Waals surface area contributed by atoms with Gasteiger partial charge in [0.2, 0.25) is 5.95 Å². The van der Waals surface area contributed by atoms with Crippen molar-refractivity contribution in [2.75, 3.05) is 36.5 Å². The van der Waals surface area contributed by atoms with Crippen LogP contribution in [0.5, 0.6) is 0 Å². The number of nitrogens with zero attached hydrogens (tertiary/aromatic N) is 6. The van der Waals surface area contributed by atoms with Crippen LogP contribution in [-0.4, -0.2) is 68.3 Å². The molecule has 0 amide bonds. The molecule has 0 spiro atoms. The van der Waals surface area contributed by atoms with Gasteiger partial charge in [0.25, 0.3) is 0 Å². The number of carbonyl (C=O) groups is 1. The predicted molar refractivity (Wildman–Crippen MR) is 133 cm³/mol. The topological polar surface area (TPSA) is 118 Å². The molecule has 1 fully saturated rings. The summed E-state index contributed by atoms with van der Waals surface area (Å²) in [5.41, 5.74) is 4.95. The van der Waals surface area contributed by atoms with Crippen LogP contribution in [0.2, 0.25) is 0 Å². The lowest BCUT2D eigenvalue weighted by Crippen LogP contribution is -2.36. The molecule has 2 N–H and O–H groups in total.